The van der Waals surface area contributed by atoms with Gasteiger partial charge in [0.25, 0.3) is 0 Å². The Bertz CT molecular complexity index is 392. The maximum absolute atomic E-state index is 10.3. The van der Waals surface area contributed by atoms with Crippen LogP contribution in [0.15, 0.2) is 24.3 Å². The summed E-state index contributed by atoms with van der Waals surface area (Å²) in [5, 5.41) is 18.7. The van der Waals surface area contributed by atoms with Gasteiger partial charge in [0.15, 0.2) is 6.61 Å². The van der Waals surface area contributed by atoms with E-state index in [1.807, 2.05) is 0 Å². The summed E-state index contributed by atoms with van der Waals surface area (Å²) in [4.78, 5) is 10.3. The van der Waals surface area contributed by atoms with E-state index >= 15 is 0 Å². The summed E-state index contributed by atoms with van der Waals surface area (Å²) in [5.74, 6) is -0.546. The van der Waals surface area contributed by atoms with E-state index in [2.05, 4.69) is 0 Å². The number of hydrogen-bond donors (Lipinski definition) is 2. The quantitative estimate of drug-likeness (QED) is 0.809. The van der Waals surface area contributed by atoms with E-state index in [9.17, 15) is 9.90 Å². The summed E-state index contributed by atoms with van der Waals surface area (Å²) in [6, 6.07) is 6.75. The molecule has 0 bridgehead atoms. The molecule has 1 aromatic carbocycles. The topological polar surface area (TPSA) is 76.0 Å². The number of carboxylic acid groups (broad SMARTS) is 1. The Morgan fingerprint density at radius 2 is 2.12 bits per heavy atom. The van der Waals surface area contributed by atoms with Gasteiger partial charge in [-0.1, -0.05) is 12.1 Å². The second-order valence-corrected chi connectivity index (χ2v) is 4.04. The molecular weight excluding hydrogens is 224 g/mol. The smallest absolute Gasteiger partial charge is 0.341 e. The fourth-order valence-electron chi connectivity index (χ4n) is 1.79. The molecule has 0 aliphatic carbocycles. The molecule has 0 radical (unpaired) electrons. The molecule has 2 rings (SSSR count). The number of aliphatic carboxylic acids is 1. The zero-order chi connectivity index (χ0) is 12.3. The van der Waals surface area contributed by atoms with E-state index in [1.165, 1.54) is 0 Å². The second-order valence-electron chi connectivity index (χ2n) is 4.04. The predicted molar refractivity (Wildman–Crippen MR) is 58.9 cm³/mol. The maximum Gasteiger partial charge on any atom is 0.341 e. The van der Waals surface area contributed by atoms with Gasteiger partial charge in [-0.05, 0) is 17.7 Å². The third-order valence-electron chi connectivity index (χ3n) is 2.75. The van der Waals surface area contributed by atoms with Crippen LogP contribution in [0.2, 0.25) is 0 Å². The second kappa shape index (κ2) is 4.73. The molecule has 5 heteroatoms. The van der Waals surface area contributed by atoms with Crippen molar-refractivity contribution >= 4 is 5.97 Å². The van der Waals surface area contributed by atoms with Gasteiger partial charge >= 0.3 is 5.97 Å². The number of ether oxygens (including phenoxy) is 2. The molecule has 1 atom stereocenters. The van der Waals surface area contributed by atoms with Gasteiger partial charge in [-0.2, -0.15) is 0 Å². The molecule has 0 saturated carbocycles. The molecule has 0 spiro atoms. The highest BCUT2D eigenvalue weighted by Crippen LogP contribution is 2.31. The standard InChI is InChI=1S/C12H14O5/c13-11(14)7-17-10-3-1-9(2-4-10)12(15)5-6-16-8-12/h1-4,15H,5-8H2,(H,13,14). The fourth-order valence-corrected chi connectivity index (χ4v) is 1.79. The summed E-state index contributed by atoms with van der Waals surface area (Å²) < 4.78 is 10.2. The molecular formula is C12H14O5. The normalized spacial score (nSPS) is 23.6. The zero-order valence-electron chi connectivity index (χ0n) is 9.26. The molecule has 1 aliphatic heterocycles. The minimum atomic E-state index is -1.02. The summed E-state index contributed by atoms with van der Waals surface area (Å²) >= 11 is 0. The maximum atomic E-state index is 10.3. The lowest BCUT2D eigenvalue weighted by Crippen LogP contribution is -2.25. The molecule has 1 unspecified atom stereocenters. The number of rotatable bonds is 4. The van der Waals surface area contributed by atoms with Crippen molar-refractivity contribution in [3.63, 3.8) is 0 Å². The van der Waals surface area contributed by atoms with E-state index in [0.717, 1.165) is 5.56 Å². The van der Waals surface area contributed by atoms with Crippen molar-refractivity contribution in [3.8, 4) is 5.75 Å². The highest BCUT2D eigenvalue weighted by atomic mass is 16.5. The molecule has 0 amide bonds. The molecule has 92 valence electrons. The van der Waals surface area contributed by atoms with E-state index in [1.54, 1.807) is 24.3 Å². The van der Waals surface area contributed by atoms with Crippen molar-refractivity contribution in [1.82, 2.24) is 0 Å². The molecule has 5 nitrogen and oxygen atoms in total. The Kier molecular flexibility index (Phi) is 3.31. The van der Waals surface area contributed by atoms with Gasteiger partial charge in [-0.25, -0.2) is 4.79 Å². The van der Waals surface area contributed by atoms with Crippen LogP contribution in [-0.2, 0) is 15.1 Å². The number of hydrogen-bond acceptors (Lipinski definition) is 4. The first-order valence-electron chi connectivity index (χ1n) is 5.35. The SMILES string of the molecule is O=C(O)COc1ccc(C2(O)CCOC2)cc1. The van der Waals surface area contributed by atoms with Crippen molar-refractivity contribution in [3.05, 3.63) is 29.8 Å². The first-order valence-corrected chi connectivity index (χ1v) is 5.35. The minimum absolute atomic E-state index is 0.294. The van der Waals surface area contributed by atoms with Gasteiger partial charge in [-0.15, -0.1) is 0 Å². The van der Waals surface area contributed by atoms with Crippen molar-refractivity contribution in [2.45, 2.75) is 12.0 Å². The highest BCUT2D eigenvalue weighted by molar-refractivity contribution is 5.68. The lowest BCUT2D eigenvalue weighted by molar-refractivity contribution is -0.139. The molecule has 17 heavy (non-hydrogen) atoms. The molecule has 1 aromatic rings. The summed E-state index contributed by atoms with van der Waals surface area (Å²) in [5.41, 5.74) is -0.164. The third kappa shape index (κ3) is 2.75. The van der Waals surface area contributed by atoms with Crippen LogP contribution in [0, 0.1) is 0 Å². The first kappa shape index (κ1) is 11.9. The summed E-state index contributed by atoms with van der Waals surface area (Å²) in [7, 11) is 0. The fraction of sp³-hybridized carbons (Fsp3) is 0.417. The highest BCUT2D eigenvalue weighted by Gasteiger charge is 2.33. The lowest BCUT2D eigenvalue weighted by Gasteiger charge is -2.20. The Labute approximate surface area is 98.6 Å². The van der Waals surface area contributed by atoms with Gasteiger partial charge in [0.1, 0.15) is 11.4 Å². The monoisotopic (exact) mass is 238 g/mol. The number of benzene rings is 1. The van der Waals surface area contributed by atoms with Crippen molar-refractivity contribution in [1.29, 1.82) is 0 Å². The van der Waals surface area contributed by atoms with Crippen LogP contribution in [-0.4, -0.2) is 36.0 Å². The largest absolute Gasteiger partial charge is 0.482 e. The molecule has 1 aliphatic rings. The summed E-state index contributed by atoms with van der Waals surface area (Å²) in [6.45, 7) is 0.475. The van der Waals surface area contributed by atoms with Gasteiger partial charge < -0.3 is 19.7 Å². The first-order chi connectivity index (χ1) is 8.10. The summed E-state index contributed by atoms with van der Waals surface area (Å²) in [6.07, 6.45) is 0.572. The van der Waals surface area contributed by atoms with Gasteiger partial charge in [0, 0.05) is 13.0 Å². The minimum Gasteiger partial charge on any atom is -0.482 e. The van der Waals surface area contributed by atoms with Crippen LogP contribution in [0.3, 0.4) is 0 Å². The lowest BCUT2D eigenvalue weighted by atomic mass is 9.93. The molecule has 1 heterocycles. The van der Waals surface area contributed by atoms with Crippen molar-refractivity contribution in [2.24, 2.45) is 0 Å². The average Bonchev–Trinajstić information content (AvgIpc) is 2.75. The van der Waals surface area contributed by atoms with E-state index in [-0.39, 0.29) is 6.61 Å². The van der Waals surface area contributed by atoms with E-state index < -0.39 is 11.6 Å². The van der Waals surface area contributed by atoms with Crippen LogP contribution in [0.5, 0.6) is 5.75 Å². The Hall–Kier alpha value is -1.59. The zero-order valence-corrected chi connectivity index (χ0v) is 9.26. The molecule has 1 fully saturated rings. The Morgan fingerprint density at radius 3 is 2.65 bits per heavy atom. The van der Waals surface area contributed by atoms with Crippen LogP contribution in [0.25, 0.3) is 0 Å². The van der Waals surface area contributed by atoms with Crippen LogP contribution in [0.1, 0.15) is 12.0 Å². The van der Waals surface area contributed by atoms with Crippen LogP contribution in [0.4, 0.5) is 0 Å². The van der Waals surface area contributed by atoms with Crippen molar-refractivity contribution < 1.29 is 24.5 Å². The molecule has 2 N–H and O–H groups in total. The van der Waals surface area contributed by atoms with Gasteiger partial charge in [0.05, 0.1) is 6.61 Å². The average molecular weight is 238 g/mol. The Morgan fingerprint density at radius 1 is 1.41 bits per heavy atom. The van der Waals surface area contributed by atoms with Crippen LogP contribution < -0.4 is 4.74 Å². The predicted octanol–water partition coefficient (Wildman–Crippen LogP) is 0.758. The molecule has 0 aromatic heterocycles. The number of carboxylic acids is 1. The molecule has 1 saturated heterocycles. The van der Waals surface area contributed by atoms with Gasteiger partial charge in [-0.3, -0.25) is 0 Å². The van der Waals surface area contributed by atoms with E-state index in [4.69, 9.17) is 14.6 Å². The Balaban J connectivity index is 2.05. The van der Waals surface area contributed by atoms with Crippen molar-refractivity contribution in [2.75, 3.05) is 19.8 Å². The van der Waals surface area contributed by atoms with E-state index in [0.29, 0.717) is 25.4 Å². The number of aliphatic hydroxyl groups is 1. The van der Waals surface area contributed by atoms with Crippen LogP contribution >= 0.6 is 0 Å². The third-order valence-corrected chi connectivity index (χ3v) is 2.75. The number of carbonyl (C=O) groups is 1. The van der Waals surface area contributed by atoms with Gasteiger partial charge in [0.2, 0.25) is 0 Å².